The Morgan fingerprint density at radius 3 is 1.99 bits per heavy atom. The number of unbranched alkanes of at least 4 members (excludes halogenated alkanes) is 3. The Hall–Kier alpha value is -6.76. The second-order valence-electron chi connectivity index (χ2n) is 28.9. The third-order valence-electron chi connectivity index (χ3n) is 20.1. The number of likely N-dealkylation sites (N-methyl/N-ethyl adjacent to an activating group) is 1. The highest BCUT2D eigenvalue weighted by molar-refractivity contribution is 8.00. The van der Waals surface area contributed by atoms with Crippen molar-refractivity contribution in [2.45, 2.75) is 247 Å². The number of rotatable bonds is 44. The summed E-state index contributed by atoms with van der Waals surface area (Å²) >= 11 is 1.55. The van der Waals surface area contributed by atoms with Gasteiger partial charge in [-0.3, -0.25) is 43.3 Å². The molecule has 0 saturated carbocycles. The van der Waals surface area contributed by atoms with Gasteiger partial charge in [0.25, 0.3) is 0 Å². The first-order valence-electron chi connectivity index (χ1n) is 36.7. The lowest BCUT2D eigenvalue weighted by molar-refractivity contribution is -0.148. The topological polar surface area (TPSA) is 311 Å². The lowest BCUT2D eigenvalue weighted by Crippen LogP contribution is -2.54. The van der Waals surface area contributed by atoms with E-state index in [0.717, 1.165) is 49.0 Å². The monoisotopic (exact) mass is 1430 g/mol. The molecule has 2 aromatic carbocycles. The highest BCUT2D eigenvalue weighted by Crippen LogP contribution is 2.34. The van der Waals surface area contributed by atoms with Gasteiger partial charge >= 0.3 is 12.1 Å². The summed E-state index contributed by atoms with van der Waals surface area (Å²) in [6, 6.07) is 14.1. The number of aliphatic hydroxyl groups excluding tert-OH is 1. The molecule has 2 unspecified atom stereocenters. The van der Waals surface area contributed by atoms with Crippen molar-refractivity contribution in [1.82, 2.24) is 30.2 Å². The lowest BCUT2D eigenvalue weighted by Gasteiger charge is -2.40. The molecule has 0 radical (unpaired) electrons. The summed E-state index contributed by atoms with van der Waals surface area (Å²) in [6.07, 6.45) is 5.32. The Balaban J connectivity index is 0.000000534. The molecule has 101 heavy (non-hydrogen) atoms. The number of nitrogens with zero attached hydrogens (tertiary/aromatic N) is 4. The molecule has 568 valence electrons. The van der Waals surface area contributed by atoms with Gasteiger partial charge in [-0.15, -0.1) is 11.8 Å². The number of likely N-dealkylation sites (tertiary alicyclic amines) is 2. The van der Waals surface area contributed by atoms with Crippen molar-refractivity contribution < 1.29 is 72.1 Å². The molecule has 4 rings (SSSR count). The number of carbonyl (C=O) groups excluding carboxylic acids is 11. The van der Waals surface area contributed by atoms with Crippen molar-refractivity contribution in [3.63, 3.8) is 0 Å². The minimum absolute atomic E-state index is 0.00867. The van der Waals surface area contributed by atoms with E-state index in [1.54, 1.807) is 74.1 Å². The number of anilines is 1. The van der Waals surface area contributed by atoms with E-state index >= 15 is 0 Å². The Labute approximate surface area is 606 Å². The maximum atomic E-state index is 14.0. The fourth-order valence-electron chi connectivity index (χ4n) is 13.1. The van der Waals surface area contributed by atoms with Gasteiger partial charge in [0.1, 0.15) is 18.2 Å². The van der Waals surface area contributed by atoms with E-state index in [9.17, 15) is 57.8 Å². The SMILES string of the molecule is CCCCSC1CC(=O)N(CCCCCC(=O)N[C@H](C(=O)C[C@@H](CCCNC(N)=O)C(=O)Nc2ccc(COC(=O)N(C)[C@H](C)C(C)C)cc2)C(C)C)C1=O.CC[C@H](C)C([C@@H](CC(=O)N1CCC[C@H]1[C@H](OC)[C@@H](C)C(=O)C[C@H](C)[C@@H](O)c1ccccc1)OC)N(C)C(=O)[C@@H](CC(C)=O)C(C)C. The van der Waals surface area contributed by atoms with Crippen LogP contribution in [-0.2, 0) is 64.0 Å². The number of nitrogens with two attached hydrogens (primary N) is 1. The number of nitrogens with one attached hydrogen (secondary N) is 3. The van der Waals surface area contributed by atoms with Crippen molar-refractivity contribution in [2.75, 3.05) is 59.0 Å². The van der Waals surface area contributed by atoms with Crippen molar-refractivity contribution in [1.29, 1.82) is 0 Å². The molecule has 2 heterocycles. The molecular formula is C77H124N8O15S. The predicted molar refractivity (Wildman–Crippen MR) is 395 cm³/mol. The first-order chi connectivity index (χ1) is 47.7. The molecular weight excluding hydrogens is 1310 g/mol. The highest BCUT2D eigenvalue weighted by atomic mass is 32.2. The number of thioether (sulfide) groups is 1. The van der Waals surface area contributed by atoms with Crippen molar-refractivity contribution in [3.8, 4) is 0 Å². The zero-order chi connectivity index (χ0) is 75.8. The Morgan fingerprint density at radius 1 is 0.752 bits per heavy atom. The fraction of sp³-hybridized carbons (Fsp3) is 0.701. The summed E-state index contributed by atoms with van der Waals surface area (Å²) in [7, 11) is 6.62. The van der Waals surface area contributed by atoms with Gasteiger partial charge in [-0.2, -0.15) is 0 Å². The molecule has 2 aromatic rings. The molecule has 9 amide bonds. The summed E-state index contributed by atoms with van der Waals surface area (Å²) in [5.74, 6) is -2.45. The van der Waals surface area contributed by atoms with E-state index in [1.165, 1.54) is 11.8 Å². The Bertz CT molecular complexity index is 2950. The Morgan fingerprint density at radius 2 is 1.42 bits per heavy atom. The number of hydrogen-bond donors (Lipinski definition) is 5. The summed E-state index contributed by atoms with van der Waals surface area (Å²) < 4.78 is 17.3. The average molecular weight is 1430 g/mol. The first-order valence-corrected chi connectivity index (χ1v) is 37.8. The molecule has 23 nitrogen and oxygen atoms in total. The van der Waals surface area contributed by atoms with Crippen LogP contribution in [0.2, 0.25) is 0 Å². The number of hydrogen-bond acceptors (Lipinski definition) is 16. The second-order valence-corrected chi connectivity index (χ2v) is 30.2. The number of aliphatic hydroxyl groups is 1. The molecule has 0 bridgehead atoms. The van der Waals surface area contributed by atoms with Crippen LogP contribution in [0.25, 0.3) is 0 Å². The molecule has 0 aliphatic carbocycles. The number of imide groups is 1. The van der Waals surface area contributed by atoms with E-state index in [-0.39, 0.29) is 164 Å². The van der Waals surface area contributed by atoms with Crippen LogP contribution in [0.3, 0.4) is 0 Å². The van der Waals surface area contributed by atoms with E-state index in [2.05, 4.69) is 36.7 Å². The molecule has 2 fully saturated rings. The molecule has 0 aromatic heterocycles. The zero-order valence-corrected chi connectivity index (χ0v) is 64.5. The number of urea groups is 1. The predicted octanol–water partition coefficient (Wildman–Crippen LogP) is 11.1. The van der Waals surface area contributed by atoms with E-state index in [0.29, 0.717) is 44.5 Å². The number of ketones is 3. The normalized spacial score (nSPS) is 17.9. The van der Waals surface area contributed by atoms with Gasteiger partial charge in [0.05, 0.1) is 48.1 Å². The molecule has 0 spiro atoms. The molecule has 13 atom stereocenters. The summed E-state index contributed by atoms with van der Waals surface area (Å²) in [5.41, 5.74) is 7.20. The second kappa shape index (κ2) is 45.4. The van der Waals surface area contributed by atoms with Crippen LogP contribution < -0.4 is 21.7 Å². The number of ether oxygens (including phenoxy) is 3. The quantitative estimate of drug-likeness (QED) is 0.0304. The van der Waals surface area contributed by atoms with E-state index in [4.69, 9.17) is 19.9 Å². The van der Waals surface area contributed by atoms with Gasteiger partial charge < -0.3 is 60.5 Å². The van der Waals surface area contributed by atoms with Crippen LogP contribution in [0.1, 0.15) is 210 Å². The number of amides is 9. The van der Waals surface area contributed by atoms with Gasteiger partial charge in [0.15, 0.2) is 5.78 Å². The molecule has 6 N–H and O–H groups in total. The minimum atomic E-state index is -0.807. The van der Waals surface area contributed by atoms with E-state index < -0.39 is 54.2 Å². The maximum Gasteiger partial charge on any atom is 0.410 e. The largest absolute Gasteiger partial charge is 0.445 e. The maximum absolute atomic E-state index is 14.0. The van der Waals surface area contributed by atoms with Gasteiger partial charge in [-0.1, -0.05) is 138 Å². The number of Topliss-reactive ketones (excluding diaryl/α,β-unsaturated/α-hetero) is 3. The van der Waals surface area contributed by atoms with Gasteiger partial charge in [-0.25, -0.2) is 9.59 Å². The average Bonchev–Trinajstić information content (AvgIpc) is 1.81. The number of primary amides is 1. The standard InChI is InChI=1S/C40H64N6O8S.C37H60N2O7/c1-8-9-22-55-33-24-35(49)46(38(33)51)21-12-10-11-15-34(48)44-36(27(4)5)32(47)23-30(14-13-20-42-39(41)52)37(50)43-31-18-16-29(17-19-31)25-54-40(53)45(7)28(6)26(2)3;1-11-24(4)34(38(8)37(44)29(23(2)3)21-26(6)40)32(45-9)22-33(42)39-19-15-18-30(39)36(46-10)27(7)31(41)20-25(5)35(43)28-16-13-12-14-17-28/h16-19,26-28,30,33,36H,8-15,20-25H2,1-7H3,(H,43,50)(H,44,48)(H3,41,42,52);12-14,16-17,23-25,27,29-30,32,34-36,43H,11,15,18-22H2,1-10H3/t28-,30-,33?,36+;24-,25-,27-,29-,30-,32+,34?,35+,36+/m10/s1. The van der Waals surface area contributed by atoms with Crippen molar-refractivity contribution >= 4 is 82.4 Å². The third-order valence-corrected chi connectivity index (χ3v) is 21.4. The molecule has 24 heteroatoms. The van der Waals surface area contributed by atoms with Crippen LogP contribution in [0, 0.1) is 47.3 Å². The van der Waals surface area contributed by atoms with Crippen molar-refractivity contribution in [3.05, 3.63) is 65.7 Å². The highest BCUT2D eigenvalue weighted by Gasteiger charge is 2.44. The third kappa shape index (κ3) is 28.8. The summed E-state index contributed by atoms with van der Waals surface area (Å²) in [5, 5.41) is 18.8. The molecule has 2 saturated heterocycles. The summed E-state index contributed by atoms with van der Waals surface area (Å²) in [4.78, 5) is 148. The fourth-order valence-corrected chi connectivity index (χ4v) is 14.4. The number of benzene rings is 2. The van der Waals surface area contributed by atoms with Crippen LogP contribution in [0.5, 0.6) is 0 Å². The number of methoxy groups -OCH3 is 2. The van der Waals surface area contributed by atoms with Crippen LogP contribution in [-0.4, -0.2) is 185 Å². The van der Waals surface area contributed by atoms with Gasteiger partial charge in [0, 0.05) is 110 Å². The van der Waals surface area contributed by atoms with Crippen LogP contribution >= 0.6 is 11.8 Å². The van der Waals surface area contributed by atoms with E-state index in [1.807, 2.05) is 97.5 Å². The molecule has 2 aliphatic heterocycles. The number of carbonyl (C=O) groups is 11. The van der Waals surface area contributed by atoms with Crippen molar-refractivity contribution in [2.24, 2.45) is 53.1 Å². The van der Waals surface area contributed by atoms with Crippen LogP contribution in [0.4, 0.5) is 15.3 Å². The summed E-state index contributed by atoms with van der Waals surface area (Å²) in [6.45, 7) is 26.2. The smallest absolute Gasteiger partial charge is 0.410 e. The Kier molecular flexibility index (Phi) is 39.7. The molecule has 2 aliphatic rings. The zero-order valence-electron chi connectivity index (χ0n) is 63.7. The minimum Gasteiger partial charge on any atom is -0.445 e. The van der Waals surface area contributed by atoms with Crippen LogP contribution in [0.15, 0.2) is 54.6 Å². The lowest BCUT2D eigenvalue weighted by atomic mass is 9.85. The van der Waals surface area contributed by atoms with Gasteiger partial charge in [-0.05, 0) is 117 Å². The van der Waals surface area contributed by atoms with Gasteiger partial charge in [0.2, 0.25) is 35.4 Å². The first kappa shape index (κ1) is 88.5.